The lowest BCUT2D eigenvalue weighted by Crippen LogP contribution is -2.48. The third-order valence-corrected chi connectivity index (χ3v) is 7.02. The van der Waals surface area contributed by atoms with Crippen LogP contribution in [-0.2, 0) is 4.79 Å². The van der Waals surface area contributed by atoms with Gasteiger partial charge in [-0.25, -0.2) is 4.99 Å². The number of anilines is 1. The number of methoxy groups -OCH3 is 1. The van der Waals surface area contributed by atoms with E-state index in [0.717, 1.165) is 36.4 Å². The van der Waals surface area contributed by atoms with Crippen molar-refractivity contribution in [1.82, 2.24) is 5.32 Å². The number of aliphatic imine (C=N–C) groups is 1. The summed E-state index contributed by atoms with van der Waals surface area (Å²) in [5.74, 6) is 1.08. The number of hydrogen-bond acceptors (Lipinski definition) is 5. The lowest BCUT2D eigenvalue weighted by molar-refractivity contribution is -0.115. The number of ether oxygens (including phenoxy) is 1. The summed E-state index contributed by atoms with van der Waals surface area (Å²) in [5, 5.41) is 3.46. The van der Waals surface area contributed by atoms with E-state index in [9.17, 15) is 4.79 Å². The normalized spacial score (nSPS) is 22.2. The second-order valence-corrected chi connectivity index (χ2v) is 10.1. The summed E-state index contributed by atoms with van der Waals surface area (Å²) in [4.78, 5) is 20.3. The fourth-order valence-electron chi connectivity index (χ4n) is 4.71. The zero-order valence-electron chi connectivity index (χ0n) is 19.4. The number of amidine groups is 1. The molecule has 0 aliphatic carbocycles. The van der Waals surface area contributed by atoms with Gasteiger partial charge in [0.2, 0.25) is 0 Å². The minimum atomic E-state index is -0.133. The van der Waals surface area contributed by atoms with E-state index in [0.29, 0.717) is 16.0 Å². The number of carbonyl (C=O) groups is 1. The van der Waals surface area contributed by atoms with Gasteiger partial charge in [0.05, 0.1) is 17.7 Å². The minimum Gasteiger partial charge on any atom is -0.496 e. The standard InChI is InChI=1S/C26H31N3O2S/c1-6-12-29-21-15-22(31-5)18(13-20(21)17(2)16-26(29,3)4)14-23-24(30)28-25(32-23)27-19-10-8-7-9-11-19/h7-11,13-15,17H,6,12,16H2,1-5H3,(H,27,28,30)/b23-14+. The van der Waals surface area contributed by atoms with Crippen molar-refractivity contribution in [3.8, 4) is 5.75 Å². The van der Waals surface area contributed by atoms with Gasteiger partial charge >= 0.3 is 0 Å². The van der Waals surface area contributed by atoms with Crippen LogP contribution in [0.3, 0.4) is 0 Å². The lowest BCUT2D eigenvalue weighted by Gasteiger charge is -2.47. The predicted octanol–water partition coefficient (Wildman–Crippen LogP) is 6.09. The van der Waals surface area contributed by atoms with Crippen molar-refractivity contribution in [3.05, 3.63) is 58.5 Å². The number of nitrogens with zero attached hydrogens (tertiary/aromatic N) is 2. The average Bonchev–Trinajstić information content (AvgIpc) is 3.09. The Morgan fingerprint density at radius 2 is 2.03 bits per heavy atom. The molecule has 6 heteroatoms. The molecule has 0 saturated carbocycles. The number of carbonyl (C=O) groups excluding carboxylic acids is 1. The van der Waals surface area contributed by atoms with E-state index in [1.54, 1.807) is 7.11 Å². The Morgan fingerprint density at radius 1 is 1.28 bits per heavy atom. The van der Waals surface area contributed by atoms with Crippen molar-refractivity contribution < 1.29 is 9.53 Å². The van der Waals surface area contributed by atoms with Crippen molar-refractivity contribution in [2.24, 2.45) is 4.99 Å². The number of amides is 1. The number of hydrogen-bond donors (Lipinski definition) is 1. The second kappa shape index (κ2) is 9.02. The number of benzene rings is 2. The van der Waals surface area contributed by atoms with Gasteiger partial charge in [0.25, 0.3) is 5.91 Å². The quantitative estimate of drug-likeness (QED) is 0.561. The van der Waals surface area contributed by atoms with Crippen LogP contribution in [0, 0.1) is 0 Å². The highest BCUT2D eigenvalue weighted by atomic mass is 32.2. The minimum absolute atomic E-state index is 0.0947. The van der Waals surface area contributed by atoms with Gasteiger partial charge in [-0.1, -0.05) is 32.0 Å². The van der Waals surface area contributed by atoms with Crippen LogP contribution in [0.5, 0.6) is 5.75 Å². The Labute approximate surface area is 194 Å². The topological polar surface area (TPSA) is 53.9 Å². The van der Waals surface area contributed by atoms with Crippen molar-refractivity contribution in [3.63, 3.8) is 0 Å². The molecule has 1 fully saturated rings. The van der Waals surface area contributed by atoms with Crippen LogP contribution in [0.1, 0.15) is 57.6 Å². The molecule has 5 nitrogen and oxygen atoms in total. The van der Waals surface area contributed by atoms with Crippen LogP contribution in [0.15, 0.2) is 52.4 Å². The lowest BCUT2D eigenvalue weighted by atomic mass is 9.79. The van der Waals surface area contributed by atoms with Gasteiger partial charge < -0.3 is 15.0 Å². The number of thioether (sulfide) groups is 1. The smallest absolute Gasteiger partial charge is 0.264 e. The summed E-state index contributed by atoms with van der Waals surface area (Å²) < 4.78 is 5.77. The molecule has 2 aliphatic heterocycles. The van der Waals surface area contributed by atoms with Crippen LogP contribution < -0.4 is 15.0 Å². The molecule has 32 heavy (non-hydrogen) atoms. The maximum atomic E-state index is 12.6. The molecule has 0 bridgehead atoms. The van der Waals surface area contributed by atoms with Crippen LogP contribution >= 0.6 is 11.8 Å². The predicted molar refractivity (Wildman–Crippen MR) is 135 cm³/mol. The van der Waals surface area contributed by atoms with Crippen molar-refractivity contribution in [2.45, 2.75) is 52.0 Å². The summed E-state index contributed by atoms with van der Waals surface area (Å²) in [5.41, 5.74) is 4.39. The summed E-state index contributed by atoms with van der Waals surface area (Å²) in [6.45, 7) is 10.1. The Morgan fingerprint density at radius 3 is 2.72 bits per heavy atom. The maximum absolute atomic E-state index is 12.6. The highest BCUT2D eigenvalue weighted by molar-refractivity contribution is 8.18. The van der Waals surface area contributed by atoms with Gasteiger partial charge in [-0.2, -0.15) is 0 Å². The highest BCUT2D eigenvalue weighted by Gasteiger charge is 2.36. The molecule has 1 saturated heterocycles. The Bertz CT molecular complexity index is 1080. The molecule has 1 atom stereocenters. The average molecular weight is 450 g/mol. The molecule has 0 aromatic heterocycles. The number of nitrogens with one attached hydrogen (secondary N) is 1. The van der Waals surface area contributed by atoms with Crippen molar-refractivity contribution >= 4 is 40.3 Å². The van der Waals surface area contributed by atoms with E-state index in [-0.39, 0.29) is 11.4 Å². The van der Waals surface area contributed by atoms with Crippen molar-refractivity contribution in [2.75, 3.05) is 18.6 Å². The van der Waals surface area contributed by atoms with Gasteiger partial charge in [-0.05, 0) is 74.2 Å². The summed E-state index contributed by atoms with van der Waals surface area (Å²) in [6.07, 6.45) is 4.10. The molecule has 2 aromatic rings. The molecule has 0 spiro atoms. The molecular weight excluding hydrogens is 418 g/mol. The third kappa shape index (κ3) is 4.42. The molecule has 2 heterocycles. The fraction of sp³-hybridized carbons (Fsp3) is 0.385. The molecule has 0 radical (unpaired) electrons. The van der Waals surface area contributed by atoms with E-state index in [4.69, 9.17) is 4.74 Å². The van der Waals surface area contributed by atoms with Crippen molar-refractivity contribution in [1.29, 1.82) is 0 Å². The van der Waals surface area contributed by atoms with Crippen LogP contribution in [-0.4, -0.2) is 30.3 Å². The Balaban J connectivity index is 1.70. The molecular formula is C26H31N3O2S. The number of rotatable bonds is 5. The number of para-hydroxylation sites is 1. The van der Waals surface area contributed by atoms with Crippen LogP contribution in [0.25, 0.3) is 6.08 Å². The summed E-state index contributed by atoms with van der Waals surface area (Å²) >= 11 is 1.36. The van der Waals surface area contributed by atoms with Gasteiger partial charge in [-0.15, -0.1) is 0 Å². The molecule has 2 aromatic carbocycles. The van der Waals surface area contributed by atoms with Crippen LogP contribution in [0.2, 0.25) is 0 Å². The van der Waals surface area contributed by atoms with Gasteiger partial charge in [-0.3, -0.25) is 4.79 Å². The SMILES string of the molecule is CCCN1c2cc(OC)c(/C=C3/SC(=Nc4ccccc4)NC3=O)cc2C(C)CC1(C)C. The summed E-state index contributed by atoms with van der Waals surface area (Å²) in [7, 11) is 1.69. The second-order valence-electron chi connectivity index (χ2n) is 9.04. The molecule has 4 rings (SSSR count). The number of fused-ring (bicyclic) bond motifs is 1. The molecule has 1 amide bonds. The Hall–Kier alpha value is -2.73. The van der Waals surface area contributed by atoms with Gasteiger partial charge in [0.15, 0.2) is 5.17 Å². The van der Waals surface area contributed by atoms with E-state index in [1.807, 2.05) is 36.4 Å². The van der Waals surface area contributed by atoms with E-state index >= 15 is 0 Å². The van der Waals surface area contributed by atoms with E-state index in [2.05, 4.69) is 55.0 Å². The largest absolute Gasteiger partial charge is 0.496 e. The first-order chi connectivity index (χ1) is 15.3. The highest BCUT2D eigenvalue weighted by Crippen LogP contribution is 2.46. The molecule has 1 unspecified atom stereocenters. The van der Waals surface area contributed by atoms with Gasteiger partial charge in [0, 0.05) is 29.4 Å². The molecule has 1 N–H and O–H groups in total. The maximum Gasteiger partial charge on any atom is 0.264 e. The first-order valence-electron chi connectivity index (χ1n) is 11.2. The monoisotopic (exact) mass is 449 g/mol. The molecule has 168 valence electrons. The Kier molecular flexibility index (Phi) is 6.33. The molecule has 2 aliphatic rings. The zero-order chi connectivity index (χ0) is 22.9. The zero-order valence-corrected chi connectivity index (χ0v) is 20.3. The van der Waals surface area contributed by atoms with Gasteiger partial charge in [0.1, 0.15) is 5.75 Å². The fourth-order valence-corrected chi connectivity index (χ4v) is 5.54. The first-order valence-corrected chi connectivity index (χ1v) is 12.0. The van der Waals surface area contributed by atoms with E-state index < -0.39 is 0 Å². The third-order valence-electron chi connectivity index (χ3n) is 6.11. The van der Waals surface area contributed by atoms with Crippen LogP contribution in [0.4, 0.5) is 11.4 Å². The van der Waals surface area contributed by atoms with E-state index in [1.165, 1.54) is 23.0 Å². The first kappa shape index (κ1) is 22.5. The summed E-state index contributed by atoms with van der Waals surface area (Å²) in [6, 6.07) is 14.0.